The molecule has 40 heavy (non-hydrogen) atoms. The van der Waals surface area contributed by atoms with E-state index in [9.17, 15) is 29.1 Å². The second-order valence-electron chi connectivity index (χ2n) is 11.7. The van der Waals surface area contributed by atoms with Crippen LogP contribution in [0.3, 0.4) is 0 Å². The average molecular weight is 567 g/mol. The smallest absolute Gasteiger partial charge is 0.312 e. The number of fused-ring (bicyclic) bond motifs is 3. The molecule has 0 aromatic heterocycles. The molecule has 12 heteroatoms. The molecule has 222 valence electrons. The Bertz CT molecular complexity index is 1120. The molecule has 0 aromatic carbocycles. The lowest BCUT2D eigenvalue weighted by Gasteiger charge is -2.57. The van der Waals surface area contributed by atoms with Crippen LogP contribution in [0.15, 0.2) is 11.6 Å². The van der Waals surface area contributed by atoms with Gasteiger partial charge in [0.2, 0.25) is 0 Å². The molecule has 0 amide bonds. The van der Waals surface area contributed by atoms with Crippen molar-refractivity contribution in [2.24, 2.45) is 17.3 Å². The van der Waals surface area contributed by atoms with E-state index in [4.69, 9.17) is 28.4 Å². The molecule has 2 heterocycles. The summed E-state index contributed by atoms with van der Waals surface area (Å²) in [6, 6.07) is 0. The molecule has 1 saturated carbocycles. The van der Waals surface area contributed by atoms with E-state index in [0.717, 1.165) is 0 Å². The molecule has 2 aliphatic heterocycles. The quantitative estimate of drug-likeness (QED) is 0.226. The predicted molar refractivity (Wildman–Crippen MR) is 134 cm³/mol. The summed E-state index contributed by atoms with van der Waals surface area (Å²) in [5.74, 6) is -5.37. The number of aliphatic hydroxyl groups is 1. The monoisotopic (exact) mass is 566 g/mol. The Balaban J connectivity index is 2.05. The van der Waals surface area contributed by atoms with Crippen molar-refractivity contribution >= 4 is 29.8 Å². The third-order valence-corrected chi connectivity index (χ3v) is 9.04. The van der Waals surface area contributed by atoms with Gasteiger partial charge < -0.3 is 33.5 Å². The van der Waals surface area contributed by atoms with E-state index >= 15 is 0 Å². The lowest BCUT2D eigenvalue weighted by atomic mass is 9.52. The predicted octanol–water partition coefficient (Wildman–Crippen LogP) is 1.54. The van der Waals surface area contributed by atoms with Crippen LogP contribution < -0.4 is 0 Å². The van der Waals surface area contributed by atoms with Gasteiger partial charge in [0.25, 0.3) is 0 Å². The molecular formula is C28H38O12. The molecule has 2 unspecified atom stereocenters. The van der Waals surface area contributed by atoms with Gasteiger partial charge in [-0.05, 0) is 38.3 Å². The second kappa shape index (κ2) is 10.4. The first kappa shape index (κ1) is 30.0. The van der Waals surface area contributed by atoms with Crippen LogP contribution >= 0.6 is 0 Å². The van der Waals surface area contributed by atoms with Crippen molar-refractivity contribution in [3.63, 3.8) is 0 Å². The maximum Gasteiger partial charge on any atom is 0.312 e. The van der Waals surface area contributed by atoms with Gasteiger partial charge in [-0.2, -0.15) is 0 Å². The van der Waals surface area contributed by atoms with Crippen molar-refractivity contribution in [3.05, 3.63) is 11.6 Å². The Kier molecular flexibility index (Phi) is 7.83. The Labute approximate surface area is 232 Å². The highest BCUT2D eigenvalue weighted by molar-refractivity contribution is 5.78. The average Bonchev–Trinajstić information content (AvgIpc) is 3.56. The Morgan fingerprint density at radius 2 is 1.50 bits per heavy atom. The highest BCUT2D eigenvalue weighted by Gasteiger charge is 2.75. The Hall–Kier alpha value is -2.99. The van der Waals surface area contributed by atoms with Crippen LogP contribution in [-0.4, -0.2) is 83.3 Å². The third kappa shape index (κ3) is 5.00. The van der Waals surface area contributed by atoms with Crippen LogP contribution in [0.25, 0.3) is 0 Å². The summed E-state index contributed by atoms with van der Waals surface area (Å²) in [4.78, 5) is 62.6. The van der Waals surface area contributed by atoms with Gasteiger partial charge in [0.05, 0.1) is 23.5 Å². The first-order chi connectivity index (χ1) is 18.6. The number of hydrogen-bond donors (Lipinski definition) is 1. The topological polar surface area (TPSA) is 164 Å². The van der Waals surface area contributed by atoms with E-state index in [2.05, 4.69) is 0 Å². The molecule has 0 bridgehead atoms. The number of ether oxygens (including phenoxy) is 6. The van der Waals surface area contributed by atoms with E-state index in [1.165, 1.54) is 40.7 Å². The fourth-order valence-corrected chi connectivity index (χ4v) is 7.06. The molecule has 10 atom stereocenters. The minimum absolute atomic E-state index is 0.0518. The number of rotatable bonds is 4. The third-order valence-electron chi connectivity index (χ3n) is 9.04. The summed E-state index contributed by atoms with van der Waals surface area (Å²) in [6.45, 7) is 9.97. The Morgan fingerprint density at radius 3 is 2.02 bits per heavy atom. The van der Waals surface area contributed by atoms with Gasteiger partial charge in [0.15, 0.2) is 11.7 Å². The van der Waals surface area contributed by atoms with Crippen LogP contribution in [0.2, 0.25) is 0 Å². The highest BCUT2D eigenvalue weighted by Crippen LogP contribution is 2.62. The zero-order valence-corrected chi connectivity index (χ0v) is 23.9. The van der Waals surface area contributed by atoms with Gasteiger partial charge in [-0.3, -0.25) is 24.0 Å². The van der Waals surface area contributed by atoms with Gasteiger partial charge in [0.1, 0.15) is 24.4 Å². The largest absolute Gasteiger partial charge is 0.462 e. The van der Waals surface area contributed by atoms with Crippen molar-refractivity contribution < 1.29 is 57.5 Å². The minimum Gasteiger partial charge on any atom is -0.462 e. The van der Waals surface area contributed by atoms with E-state index in [0.29, 0.717) is 18.4 Å². The molecule has 1 N–H and O–H groups in total. The number of hydrogen-bond acceptors (Lipinski definition) is 12. The minimum atomic E-state index is -2.11. The lowest BCUT2D eigenvalue weighted by molar-refractivity contribution is -0.244. The maximum absolute atomic E-state index is 13.0. The van der Waals surface area contributed by atoms with Gasteiger partial charge >= 0.3 is 29.8 Å². The number of carbonyl (C=O) groups is 5. The van der Waals surface area contributed by atoms with Gasteiger partial charge in [0, 0.05) is 40.0 Å². The molecule has 12 nitrogen and oxygen atoms in total. The fraction of sp³-hybridized carbons (Fsp3) is 0.750. The van der Waals surface area contributed by atoms with Crippen molar-refractivity contribution in [2.75, 3.05) is 6.61 Å². The maximum atomic E-state index is 13.0. The summed E-state index contributed by atoms with van der Waals surface area (Å²) in [5.41, 5.74) is -4.00. The van der Waals surface area contributed by atoms with Crippen LogP contribution in [0.1, 0.15) is 67.7 Å². The fourth-order valence-electron chi connectivity index (χ4n) is 7.06. The molecule has 0 aromatic rings. The van der Waals surface area contributed by atoms with E-state index in [1.54, 1.807) is 13.8 Å². The number of carbonyl (C=O) groups excluding carboxylic acids is 5. The summed E-state index contributed by atoms with van der Waals surface area (Å²) in [5, 5.41) is 12.5. The molecule has 4 rings (SSSR count). The van der Waals surface area contributed by atoms with Crippen LogP contribution in [0, 0.1) is 17.3 Å². The first-order valence-electron chi connectivity index (χ1n) is 13.5. The van der Waals surface area contributed by atoms with Crippen molar-refractivity contribution in [1.29, 1.82) is 0 Å². The molecule has 0 radical (unpaired) electrons. The van der Waals surface area contributed by atoms with E-state index < -0.39 is 88.8 Å². The summed E-state index contributed by atoms with van der Waals surface area (Å²) >= 11 is 0. The lowest BCUT2D eigenvalue weighted by Crippen LogP contribution is -2.69. The highest BCUT2D eigenvalue weighted by atomic mass is 16.6. The van der Waals surface area contributed by atoms with Crippen molar-refractivity contribution in [2.45, 2.75) is 109 Å². The number of epoxide rings is 1. The molecule has 1 spiro atoms. The molecule has 4 aliphatic rings. The van der Waals surface area contributed by atoms with Gasteiger partial charge in [-0.15, -0.1) is 0 Å². The van der Waals surface area contributed by atoms with Crippen LogP contribution in [0.5, 0.6) is 0 Å². The normalized spacial score (nSPS) is 43.6. The van der Waals surface area contributed by atoms with Crippen LogP contribution in [-0.2, 0) is 52.4 Å². The molecule has 3 fully saturated rings. The van der Waals surface area contributed by atoms with Gasteiger partial charge in [-0.1, -0.05) is 6.92 Å². The molecule has 2 saturated heterocycles. The summed E-state index contributed by atoms with van der Waals surface area (Å²) < 4.78 is 34.9. The second-order valence-corrected chi connectivity index (χ2v) is 11.7. The number of esters is 5. The molecular weight excluding hydrogens is 528 g/mol. The van der Waals surface area contributed by atoms with Crippen LogP contribution in [0.4, 0.5) is 0 Å². The molecule has 2 aliphatic carbocycles. The van der Waals surface area contributed by atoms with E-state index in [1.807, 2.05) is 0 Å². The van der Waals surface area contributed by atoms with Crippen molar-refractivity contribution in [1.82, 2.24) is 0 Å². The van der Waals surface area contributed by atoms with Gasteiger partial charge in [-0.25, -0.2) is 0 Å². The SMILES string of the molecule is CC(=O)OC1C[C@H](OC(C)=O)[C@@]2(C)[C@@H](OC(C)=O)CC[C@@]3(CO3)[C@@H]2C(OC(C)=O)[C@@]2(O)[C@H](/C=C\1C)OC(=O)[C@@H]2C. The summed E-state index contributed by atoms with van der Waals surface area (Å²) in [7, 11) is 0. The Morgan fingerprint density at radius 1 is 0.950 bits per heavy atom. The first-order valence-corrected chi connectivity index (χ1v) is 13.5. The van der Waals surface area contributed by atoms with Crippen molar-refractivity contribution in [3.8, 4) is 0 Å². The summed E-state index contributed by atoms with van der Waals surface area (Å²) in [6.07, 6.45) is -3.48. The zero-order valence-electron chi connectivity index (χ0n) is 23.9. The zero-order chi connectivity index (χ0) is 29.8. The van der Waals surface area contributed by atoms with E-state index in [-0.39, 0.29) is 13.0 Å². The standard InChI is InChI=1S/C28H38O12/c1-13-10-22-28(34,14(2)25(33)40-22)24(39-18(6)32)23-26(7,20(37-16(4)30)8-9-27(23)12-35-27)21(38-17(5)31)11-19(13)36-15(3)29/h10,14,19-24,34H,8-9,11-12H2,1-7H3/b13-10-/t14-,19?,20-,21-,22-,23+,24?,26+,27+,28-/m0/s1.